The third-order valence-corrected chi connectivity index (χ3v) is 6.14. The zero-order chi connectivity index (χ0) is 18.0. The van der Waals surface area contributed by atoms with Crippen LogP contribution in [0.5, 0.6) is 0 Å². The number of sulfone groups is 1. The molecular weight excluding hydrogens is 358 g/mol. The van der Waals surface area contributed by atoms with Crippen molar-refractivity contribution < 1.29 is 13.2 Å². The minimum Gasteiger partial charge on any atom is -0.328 e. The second-order valence-electron chi connectivity index (χ2n) is 6.27. The van der Waals surface area contributed by atoms with Crippen molar-refractivity contribution >= 4 is 27.1 Å². The predicted molar refractivity (Wildman–Crippen MR) is 98.5 cm³/mol. The summed E-state index contributed by atoms with van der Waals surface area (Å²) in [7, 11) is -3.13. The Bertz CT molecular complexity index is 863. The van der Waals surface area contributed by atoms with Gasteiger partial charge in [-0.1, -0.05) is 6.07 Å². The van der Waals surface area contributed by atoms with Crippen molar-refractivity contribution in [3.8, 4) is 0 Å². The molecule has 1 atom stereocenters. The Balaban J connectivity index is 1.87. The van der Waals surface area contributed by atoms with Crippen LogP contribution < -0.4 is 5.32 Å². The van der Waals surface area contributed by atoms with Crippen molar-refractivity contribution in [2.45, 2.75) is 18.7 Å². The number of nitrogens with zero attached hydrogens (tertiary/aromatic N) is 2. The largest absolute Gasteiger partial charge is 0.328 e. The lowest BCUT2D eigenvalue weighted by Gasteiger charge is -2.36. The Morgan fingerprint density at radius 1 is 1.48 bits per heavy atom. The van der Waals surface area contributed by atoms with Crippen LogP contribution >= 0.6 is 11.3 Å². The summed E-state index contributed by atoms with van der Waals surface area (Å²) in [5.74, 6) is -0.0841. The van der Waals surface area contributed by atoms with Crippen LogP contribution in [0.25, 0.3) is 0 Å². The number of rotatable bonds is 4. The Kier molecular flexibility index (Phi) is 5.21. The summed E-state index contributed by atoms with van der Waals surface area (Å²) in [6.07, 6.45) is 4.71. The van der Waals surface area contributed by atoms with E-state index in [1.54, 1.807) is 18.5 Å². The molecule has 0 aromatic carbocycles. The monoisotopic (exact) mass is 379 g/mol. The van der Waals surface area contributed by atoms with E-state index in [0.29, 0.717) is 23.5 Å². The molecule has 3 heterocycles. The topological polar surface area (TPSA) is 79.4 Å². The van der Waals surface area contributed by atoms with Gasteiger partial charge < -0.3 is 10.2 Å². The number of piperazine rings is 1. The van der Waals surface area contributed by atoms with E-state index in [1.807, 2.05) is 24.0 Å². The molecule has 2 aromatic rings. The number of hydrogen-bond donors (Lipinski definition) is 1. The van der Waals surface area contributed by atoms with Crippen molar-refractivity contribution in [2.24, 2.45) is 0 Å². The molecule has 1 unspecified atom stereocenters. The molecule has 6 nitrogen and oxygen atoms in total. The third-order valence-electron chi connectivity index (χ3n) is 4.22. The maximum Gasteiger partial charge on any atom is 0.264 e. The molecule has 0 radical (unpaired) electrons. The van der Waals surface area contributed by atoms with Crippen LogP contribution in [0.2, 0.25) is 0 Å². The number of carbonyl (C=O) groups is 1. The van der Waals surface area contributed by atoms with E-state index in [1.165, 1.54) is 17.6 Å². The number of thiophene rings is 1. The summed E-state index contributed by atoms with van der Waals surface area (Å²) in [5.41, 5.74) is 1.71. The van der Waals surface area contributed by atoms with Gasteiger partial charge in [0.05, 0.1) is 16.7 Å². The lowest BCUT2D eigenvalue weighted by molar-refractivity contribution is 0.0639. The van der Waals surface area contributed by atoms with E-state index in [9.17, 15) is 13.2 Å². The Morgan fingerprint density at radius 2 is 2.28 bits per heavy atom. The maximum absolute atomic E-state index is 13.1. The van der Waals surface area contributed by atoms with Crippen LogP contribution in [0, 0.1) is 6.92 Å². The molecule has 25 heavy (non-hydrogen) atoms. The molecule has 8 heteroatoms. The van der Waals surface area contributed by atoms with Gasteiger partial charge in [-0.05, 0) is 30.2 Å². The van der Waals surface area contributed by atoms with Gasteiger partial charge in [0.1, 0.15) is 0 Å². The van der Waals surface area contributed by atoms with Crippen LogP contribution in [0.1, 0.15) is 31.7 Å². The van der Waals surface area contributed by atoms with Gasteiger partial charge in [-0.15, -0.1) is 11.3 Å². The minimum absolute atomic E-state index is 0.0315. The second kappa shape index (κ2) is 7.23. The number of pyridine rings is 1. The molecule has 0 spiro atoms. The highest BCUT2D eigenvalue weighted by atomic mass is 32.2. The van der Waals surface area contributed by atoms with Gasteiger partial charge in [0.2, 0.25) is 0 Å². The number of aromatic nitrogens is 1. The number of amides is 1. The molecule has 2 aromatic heterocycles. The highest BCUT2D eigenvalue weighted by Crippen LogP contribution is 2.29. The van der Waals surface area contributed by atoms with Crippen molar-refractivity contribution in [1.82, 2.24) is 15.2 Å². The van der Waals surface area contributed by atoms with Crippen molar-refractivity contribution in [2.75, 3.05) is 25.9 Å². The lowest BCUT2D eigenvalue weighted by atomic mass is 10.1. The first kappa shape index (κ1) is 18.0. The number of hydrogen-bond acceptors (Lipinski definition) is 6. The zero-order valence-electron chi connectivity index (χ0n) is 14.2. The summed E-state index contributed by atoms with van der Waals surface area (Å²) >= 11 is 1.36. The highest BCUT2D eigenvalue weighted by molar-refractivity contribution is 7.89. The van der Waals surface area contributed by atoms with E-state index in [4.69, 9.17) is 0 Å². The smallest absolute Gasteiger partial charge is 0.264 e. The molecule has 1 fully saturated rings. The Morgan fingerprint density at radius 3 is 2.96 bits per heavy atom. The molecule has 134 valence electrons. The normalized spacial score (nSPS) is 18.3. The summed E-state index contributed by atoms with van der Waals surface area (Å²) in [6, 6.07) is 5.49. The van der Waals surface area contributed by atoms with Gasteiger partial charge in [0, 0.05) is 43.2 Å². The Labute approximate surface area is 151 Å². The fourth-order valence-corrected chi connectivity index (χ4v) is 4.96. The van der Waals surface area contributed by atoms with E-state index in [2.05, 4.69) is 10.3 Å². The SMILES string of the molecule is Cc1sc(C(=O)N2CCNCC2c2cccnc2)cc1CS(C)(=O)=O. The van der Waals surface area contributed by atoms with Gasteiger partial charge >= 0.3 is 0 Å². The number of nitrogens with one attached hydrogen (secondary N) is 1. The van der Waals surface area contributed by atoms with Gasteiger partial charge in [-0.3, -0.25) is 9.78 Å². The average Bonchev–Trinajstić information content (AvgIpc) is 2.94. The molecule has 0 aliphatic carbocycles. The molecule has 1 saturated heterocycles. The van der Waals surface area contributed by atoms with Crippen LogP contribution in [0.3, 0.4) is 0 Å². The predicted octanol–water partition coefficient (Wildman–Crippen LogP) is 1.78. The van der Waals surface area contributed by atoms with Crippen molar-refractivity contribution in [3.05, 3.63) is 51.5 Å². The molecular formula is C17H21N3O3S2. The van der Waals surface area contributed by atoms with Crippen molar-refractivity contribution in [3.63, 3.8) is 0 Å². The molecule has 1 aliphatic heterocycles. The first-order chi connectivity index (χ1) is 11.8. The van der Waals surface area contributed by atoms with Gasteiger partial charge in [-0.25, -0.2) is 8.42 Å². The molecule has 0 saturated carbocycles. The summed E-state index contributed by atoms with van der Waals surface area (Å²) in [5, 5.41) is 3.32. The van der Waals surface area contributed by atoms with Gasteiger partial charge in [0.25, 0.3) is 5.91 Å². The van der Waals surface area contributed by atoms with Crippen LogP contribution in [-0.4, -0.2) is 50.1 Å². The van der Waals surface area contributed by atoms with E-state index in [-0.39, 0.29) is 17.7 Å². The van der Waals surface area contributed by atoms with Crippen molar-refractivity contribution in [1.29, 1.82) is 0 Å². The molecule has 3 rings (SSSR count). The zero-order valence-corrected chi connectivity index (χ0v) is 15.9. The first-order valence-electron chi connectivity index (χ1n) is 8.04. The summed E-state index contributed by atoms with van der Waals surface area (Å²) < 4.78 is 23.1. The summed E-state index contributed by atoms with van der Waals surface area (Å²) in [4.78, 5) is 20.5. The van der Waals surface area contributed by atoms with E-state index in [0.717, 1.165) is 17.0 Å². The van der Waals surface area contributed by atoms with Gasteiger partial charge in [0.15, 0.2) is 9.84 Å². The maximum atomic E-state index is 13.1. The molecule has 1 amide bonds. The van der Waals surface area contributed by atoms with Gasteiger partial charge in [-0.2, -0.15) is 0 Å². The fraction of sp³-hybridized carbons (Fsp3) is 0.412. The number of carbonyl (C=O) groups excluding carboxylic acids is 1. The minimum atomic E-state index is -3.13. The van der Waals surface area contributed by atoms with Crippen LogP contribution in [0.15, 0.2) is 30.6 Å². The standard InChI is InChI=1S/C17H21N3O3S2/c1-12-14(11-25(2,22)23)8-16(24-12)17(21)20-7-6-19-10-15(20)13-4-3-5-18-9-13/h3-5,8-9,15,19H,6-7,10-11H2,1-2H3. The number of aryl methyl sites for hydroxylation is 1. The van der Waals surface area contributed by atoms with Crippen LogP contribution in [-0.2, 0) is 15.6 Å². The first-order valence-corrected chi connectivity index (χ1v) is 10.9. The fourth-order valence-electron chi connectivity index (χ4n) is 3.01. The van der Waals surface area contributed by atoms with Crippen LogP contribution in [0.4, 0.5) is 0 Å². The molecule has 0 bridgehead atoms. The van der Waals surface area contributed by atoms with E-state index < -0.39 is 9.84 Å². The highest BCUT2D eigenvalue weighted by Gasteiger charge is 2.30. The average molecular weight is 380 g/mol. The Hall–Kier alpha value is -1.77. The summed E-state index contributed by atoms with van der Waals surface area (Å²) in [6.45, 7) is 3.89. The third kappa shape index (κ3) is 4.26. The van der Waals surface area contributed by atoms with E-state index >= 15 is 0 Å². The lowest BCUT2D eigenvalue weighted by Crippen LogP contribution is -2.48. The second-order valence-corrected chi connectivity index (χ2v) is 9.66. The quantitative estimate of drug-likeness (QED) is 0.876. The molecule has 1 aliphatic rings. The molecule has 1 N–H and O–H groups in total.